The van der Waals surface area contributed by atoms with Crippen LogP contribution in [0.3, 0.4) is 0 Å². The Morgan fingerprint density at radius 3 is 3.00 bits per heavy atom. The van der Waals surface area contributed by atoms with Gasteiger partial charge < -0.3 is 20.3 Å². The van der Waals surface area contributed by atoms with E-state index in [2.05, 4.69) is 10.5 Å². The molecule has 0 radical (unpaired) electrons. The van der Waals surface area contributed by atoms with E-state index in [9.17, 15) is 4.79 Å². The van der Waals surface area contributed by atoms with Gasteiger partial charge in [0.15, 0.2) is 11.5 Å². The molecule has 1 heterocycles. The molecule has 0 spiro atoms. The number of carbonyl (C=O) groups excluding carboxylic acids is 1. The molecule has 19 heavy (non-hydrogen) atoms. The van der Waals surface area contributed by atoms with E-state index >= 15 is 0 Å². The van der Waals surface area contributed by atoms with Crippen molar-refractivity contribution >= 4 is 11.6 Å². The number of aromatic nitrogens is 1. The van der Waals surface area contributed by atoms with Gasteiger partial charge in [-0.3, -0.25) is 4.79 Å². The van der Waals surface area contributed by atoms with Crippen molar-refractivity contribution in [3.8, 4) is 5.75 Å². The quantitative estimate of drug-likeness (QED) is 0.797. The number of rotatable bonds is 5. The second kappa shape index (κ2) is 5.90. The van der Waals surface area contributed by atoms with E-state index in [1.807, 2.05) is 6.92 Å². The Bertz CT molecular complexity index is 552. The molecule has 2 aromatic rings. The normalized spacial score (nSPS) is 10.2. The number of hydrogen-bond donors (Lipinski definition) is 2. The largest absolute Gasteiger partial charge is 0.491 e. The van der Waals surface area contributed by atoms with Crippen molar-refractivity contribution in [1.82, 2.24) is 10.5 Å². The second-order valence-electron chi connectivity index (χ2n) is 3.82. The Morgan fingerprint density at radius 2 is 2.32 bits per heavy atom. The standard InChI is InChI=1S/C13H15N3O3/c1-2-18-12-10(4-3-5-11(12)14)13(17)15-8-9-6-7-16-19-9/h3-7H,2,8,14H2,1H3,(H,15,17). The number of nitrogens with zero attached hydrogens (tertiary/aromatic N) is 1. The lowest BCUT2D eigenvalue weighted by atomic mass is 10.1. The Labute approximate surface area is 110 Å². The fourth-order valence-electron chi connectivity index (χ4n) is 1.64. The first-order valence-corrected chi connectivity index (χ1v) is 5.91. The molecule has 0 aliphatic heterocycles. The monoisotopic (exact) mass is 261 g/mol. The maximum absolute atomic E-state index is 12.1. The number of carbonyl (C=O) groups is 1. The van der Waals surface area contributed by atoms with Crippen LogP contribution < -0.4 is 15.8 Å². The molecule has 3 N–H and O–H groups in total. The third-order valence-corrected chi connectivity index (χ3v) is 2.49. The van der Waals surface area contributed by atoms with E-state index in [-0.39, 0.29) is 12.5 Å². The molecule has 0 unspecified atom stereocenters. The molecular weight excluding hydrogens is 246 g/mol. The van der Waals surface area contributed by atoms with Crippen LogP contribution in [0.5, 0.6) is 5.75 Å². The van der Waals surface area contributed by atoms with Crippen molar-refractivity contribution in [2.75, 3.05) is 12.3 Å². The van der Waals surface area contributed by atoms with Crippen LogP contribution in [0.1, 0.15) is 23.0 Å². The summed E-state index contributed by atoms with van der Waals surface area (Å²) in [6.07, 6.45) is 1.52. The van der Waals surface area contributed by atoms with Crippen LogP contribution in [0.4, 0.5) is 5.69 Å². The van der Waals surface area contributed by atoms with Gasteiger partial charge in [-0.1, -0.05) is 11.2 Å². The van der Waals surface area contributed by atoms with Gasteiger partial charge in [-0.05, 0) is 19.1 Å². The first-order chi connectivity index (χ1) is 9.22. The fourth-order valence-corrected chi connectivity index (χ4v) is 1.64. The van der Waals surface area contributed by atoms with Gasteiger partial charge in [-0.15, -0.1) is 0 Å². The molecule has 6 nitrogen and oxygen atoms in total. The lowest BCUT2D eigenvalue weighted by Gasteiger charge is -2.12. The van der Waals surface area contributed by atoms with Crippen LogP contribution in [0, 0.1) is 0 Å². The minimum Gasteiger partial charge on any atom is -0.491 e. The fraction of sp³-hybridized carbons (Fsp3) is 0.231. The summed E-state index contributed by atoms with van der Waals surface area (Å²) in [7, 11) is 0. The van der Waals surface area contributed by atoms with Crippen LogP contribution in [0.2, 0.25) is 0 Å². The lowest BCUT2D eigenvalue weighted by molar-refractivity contribution is 0.0943. The molecule has 6 heteroatoms. The van der Waals surface area contributed by atoms with E-state index < -0.39 is 0 Å². The maximum Gasteiger partial charge on any atom is 0.255 e. The number of benzene rings is 1. The molecular formula is C13H15N3O3. The average molecular weight is 261 g/mol. The smallest absolute Gasteiger partial charge is 0.255 e. The highest BCUT2D eigenvalue weighted by atomic mass is 16.5. The molecule has 1 aromatic heterocycles. The molecule has 1 aromatic carbocycles. The van der Waals surface area contributed by atoms with Crippen molar-refractivity contribution in [2.45, 2.75) is 13.5 Å². The van der Waals surface area contributed by atoms with Crippen molar-refractivity contribution < 1.29 is 14.1 Å². The third-order valence-electron chi connectivity index (χ3n) is 2.49. The summed E-state index contributed by atoms with van der Waals surface area (Å²) in [5.41, 5.74) is 6.65. The summed E-state index contributed by atoms with van der Waals surface area (Å²) in [5.74, 6) is 0.711. The number of para-hydroxylation sites is 1. The molecule has 0 aliphatic rings. The molecule has 0 fully saturated rings. The highest BCUT2D eigenvalue weighted by Crippen LogP contribution is 2.26. The number of nitrogens with two attached hydrogens (primary N) is 1. The predicted molar refractivity (Wildman–Crippen MR) is 69.7 cm³/mol. The maximum atomic E-state index is 12.1. The first kappa shape index (κ1) is 12.9. The van der Waals surface area contributed by atoms with Crippen molar-refractivity contribution in [2.24, 2.45) is 0 Å². The van der Waals surface area contributed by atoms with Gasteiger partial charge in [-0.2, -0.15) is 0 Å². The zero-order chi connectivity index (χ0) is 13.7. The molecule has 0 atom stereocenters. The number of nitrogens with one attached hydrogen (secondary N) is 1. The van der Waals surface area contributed by atoms with Gasteiger partial charge in [0.1, 0.15) is 0 Å². The minimum atomic E-state index is -0.271. The summed E-state index contributed by atoms with van der Waals surface area (Å²) < 4.78 is 10.3. The number of hydrogen-bond acceptors (Lipinski definition) is 5. The Hall–Kier alpha value is -2.50. The number of nitrogen functional groups attached to an aromatic ring is 1. The summed E-state index contributed by atoms with van der Waals surface area (Å²) in [4.78, 5) is 12.1. The van der Waals surface area contributed by atoms with Crippen LogP contribution in [0.25, 0.3) is 0 Å². The van der Waals surface area contributed by atoms with E-state index in [1.165, 1.54) is 6.20 Å². The molecule has 0 saturated heterocycles. The van der Waals surface area contributed by atoms with E-state index in [4.69, 9.17) is 15.0 Å². The van der Waals surface area contributed by atoms with Crippen LogP contribution in [0.15, 0.2) is 35.0 Å². The highest BCUT2D eigenvalue weighted by molar-refractivity contribution is 5.98. The minimum absolute atomic E-state index is 0.263. The number of anilines is 1. The van der Waals surface area contributed by atoms with Gasteiger partial charge in [0.05, 0.1) is 30.6 Å². The van der Waals surface area contributed by atoms with E-state index in [1.54, 1.807) is 24.3 Å². The summed E-state index contributed by atoms with van der Waals surface area (Å²) >= 11 is 0. The summed E-state index contributed by atoms with van der Waals surface area (Å²) in [5, 5.41) is 6.28. The first-order valence-electron chi connectivity index (χ1n) is 5.91. The molecule has 0 saturated carbocycles. The molecule has 2 rings (SSSR count). The van der Waals surface area contributed by atoms with Crippen molar-refractivity contribution in [3.63, 3.8) is 0 Å². The molecule has 0 bridgehead atoms. The van der Waals surface area contributed by atoms with E-state index in [0.29, 0.717) is 29.4 Å². The summed E-state index contributed by atoms with van der Waals surface area (Å²) in [6.45, 7) is 2.54. The van der Waals surface area contributed by atoms with Gasteiger partial charge in [0, 0.05) is 6.07 Å². The topological polar surface area (TPSA) is 90.4 Å². The van der Waals surface area contributed by atoms with E-state index in [0.717, 1.165) is 0 Å². The highest BCUT2D eigenvalue weighted by Gasteiger charge is 2.15. The average Bonchev–Trinajstić information content (AvgIpc) is 2.92. The molecule has 1 amide bonds. The van der Waals surface area contributed by atoms with Gasteiger partial charge in [-0.25, -0.2) is 0 Å². The van der Waals surface area contributed by atoms with Gasteiger partial charge >= 0.3 is 0 Å². The van der Waals surface area contributed by atoms with Crippen LogP contribution in [-0.4, -0.2) is 17.7 Å². The predicted octanol–water partition coefficient (Wildman–Crippen LogP) is 1.59. The molecule has 0 aliphatic carbocycles. The van der Waals surface area contributed by atoms with Crippen LogP contribution >= 0.6 is 0 Å². The van der Waals surface area contributed by atoms with Crippen molar-refractivity contribution in [1.29, 1.82) is 0 Å². The second-order valence-corrected chi connectivity index (χ2v) is 3.82. The zero-order valence-electron chi connectivity index (χ0n) is 10.6. The summed E-state index contributed by atoms with van der Waals surface area (Å²) in [6, 6.07) is 6.75. The lowest BCUT2D eigenvalue weighted by Crippen LogP contribution is -2.23. The number of amides is 1. The molecule has 100 valence electrons. The number of ether oxygens (including phenoxy) is 1. The van der Waals surface area contributed by atoms with Crippen LogP contribution in [-0.2, 0) is 6.54 Å². The SMILES string of the molecule is CCOc1c(N)cccc1C(=O)NCc1ccno1. The van der Waals surface area contributed by atoms with Crippen molar-refractivity contribution in [3.05, 3.63) is 41.8 Å². The Balaban J connectivity index is 2.12. The Kier molecular flexibility index (Phi) is 4.02. The zero-order valence-corrected chi connectivity index (χ0v) is 10.6. The Morgan fingerprint density at radius 1 is 1.47 bits per heavy atom. The van der Waals surface area contributed by atoms with Gasteiger partial charge in [0.2, 0.25) is 0 Å². The third kappa shape index (κ3) is 3.04. The van der Waals surface area contributed by atoms with Gasteiger partial charge in [0.25, 0.3) is 5.91 Å².